The van der Waals surface area contributed by atoms with Gasteiger partial charge in [-0.05, 0) is 55.0 Å². The van der Waals surface area contributed by atoms with Crippen LogP contribution in [-0.4, -0.2) is 36.4 Å². The first-order chi connectivity index (χ1) is 14.6. The Labute approximate surface area is 177 Å². The Balaban J connectivity index is 1.63. The molecule has 2 aliphatic rings. The van der Waals surface area contributed by atoms with Gasteiger partial charge in [0, 0.05) is 19.0 Å². The molecule has 2 aromatic rings. The van der Waals surface area contributed by atoms with E-state index in [0.29, 0.717) is 12.3 Å². The number of benzene rings is 2. The van der Waals surface area contributed by atoms with E-state index in [0.717, 1.165) is 36.9 Å². The second-order valence-electron chi connectivity index (χ2n) is 8.11. The average molecular weight is 405 g/mol. The van der Waals surface area contributed by atoms with E-state index in [1.807, 2.05) is 17.0 Å². The van der Waals surface area contributed by atoms with Crippen molar-refractivity contribution in [3.8, 4) is 5.75 Å². The van der Waals surface area contributed by atoms with E-state index in [2.05, 4.69) is 49.2 Å². The summed E-state index contributed by atoms with van der Waals surface area (Å²) in [6, 6.07) is 14.2. The lowest BCUT2D eigenvalue weighted by molar-refractivity contribution is -0.134. The van der Waals surface area contributed by atoms with Gasteiger partial charge in [0.25, 0.3) is 5.91 Å². The zero-order valence-electron chi connectivity index (χ0n) is 17.4. The van der Waals surface area contributed by atoms with Gasteiger partial charge in [0.15, 0.2) is 6.61 Å². The number of hydrogen-bond acceptors (Lipinski definition) is 3. The van der Waals surface area contributed by atoms with Crippen molar-refractivity contribution >= 4 is 11.8 Å². The van der Waals surface area contributed by atoms with Crippen LogP contribution in [0.4, 0.5) is 0 Å². The van der Waals surface area contributed by atoms with Crippen molar-refractivity contribution in [2.75, 3.05) is 19.7 Å². The molecule has 30 heavy (non-hydrogen) atoms. The van der Waals surface area contributed by atoms with Crippen LogP contribution in [0.3, 0.4) is 0 Å². The summed E-state index contributed by atoms with van der Waals surface area (Å²) in [6.07, 6.45) is 4.45. The summed E-state index contributed by atoms with van der Waals surface area (Å²) in [6.45, 7) is 6.75. The summed E-state index contributed by atoms with van der Waals surface area (Å²) >= 11 is 0. The molecule has 1 fully saturated rings. The number of hydrogen-bond donors (Lipinski definition) is 1. The Kier molecular flexibility index (Phi) is 5.88. The molecule has 1 unspecified atom stereocenters. The molecule has 2 amide bonds. The van der Waals surface area contributed by atoms with Crippen LogP contribution in [0.25, 0.3) is 0 Å². The zero-order valence-corrected chi connectivity index (χ0v) is 17.4. The number of fused-ring (bicyclic) bond motifs is 1. The number of nitrogens with zero attached hydrogens (tertiary/aromatic N) is 1. The molecule has 0 saturated heterocycles. The van der Waals surface area contributed by atoms with Crippen LogP contribution >= 0.6 is 0 Å². The van der Waals surface area contributed by atoms with Gasteiger partial charge in [0.2, 0.25) is 5.91 Å². The minimum absolute atomic E-state index is 0.0491. The number of aryl methyl sites for hydroxylation is 1. The minimum atomic E-state index is -0.187. The fraction of sp³-hybridized carbons (Fsp3) is 0.360. The van der Waals surface area contributed by atoms with Crippen molar-refractivity contribution in [1.82, 2.24) is 10.2 Å². The molecule has 156 valence electrons. The van der Waals surface area contributed by atoms with E-state index in [1.54, 1.807) is 6.08 Å². The Morgan fingerprint density at radius 2 is 1.97 bits per heavy atom. The van der Waals surface area contributed by atoms with Crippen LogP contribution in [0.2, 0.25) is 0 Å². The van der Waals surface area contributed by atoms with Crippen molar-refractivity contribution in [1.29, 1.82) is 0 Å². The van der Waals surface area contributed by atoms with Gasteiger partial charge >= 0.3 is 0 Å². The van der Waals surface area contributed by atoms with Gasteiger partial charge in [-0.1, -0.05) is 42.0 Å². The first-order valence-corrected chi connectivity index (χ1v) is 10.6. The fourth-order valence-corrected chi connectivity index (χ4v) is 3.98. The molecule has 1 N–H and O–H groups in total. The minimum Gasteiger partial charge on any atom is -0.484 e. The second kappa shape index (κ2) is 8.74. The Morgan fingerprint density at radius 1 is 1.20 bits per heavy atom. The first kappa shape index (κ1) is 20.2. The molecule has 0 bridgehead atoms. The van der Waals surface area contributed by atoms with Crippen LogP contribution in [0.5, 0.6) is 5.75 Å². The van der Waals surface area contributed by atoms with Crippen molar-refractivity contribution < 1.29 is 14.3 Å². The van der Waals surface area contributed by atoms with Crippen LogP contribution in [0.1, 0.15) is 41.1 Å². The third-order valence-electron chi connectivity index (χ3n) is 5.76. The molecule has 1 atom stereocenters. The summed E-state index contributed by atoms with van der Waals surface area (Å²) < 4.78 is 5.74. The molecule has 2 aromatic carbocycles. The second-order valence-corrected chi connectivity index (χ2v) is 8.11. The van der Waals surface area contributed by atoms with Crippen molar-refractivity contribution in [2.45, 2.75) is 32.2 Å². The van der Waals surface area contributed by atoms with Crippen LogP contribution < -0.4 is 10.1 Å². The number of nitrogens with one attached hydrogen (secondary N) is 1. The third-order valence-corrected chi connectivity index (χ3v) is 5.76. The first-order valence-electron chi connectivity index (χ1n) is 10.6. The predicted molar refractivity (Wildman–Crippen MR) is 116 cm³/mol. The maximum Gasteiger partial charge on any atom is 0.258 e. The predicted octanol–water partition coefficient (Wildman–Crippen LogP) is 3.56. The molecular weight excluding hydrogens is 376 g/mol. The SMILES string of the molecule is C=CCNC(=O)COc1ccc2c(c1)C(c1ccc(C)cc1)N(C(=O)C1CC1)CC2. The van der Waals surface area contributed by atoms with Gasteiger partial charge in [0.1, 0.15) is 5.75 Å². The maximum atomic E-state index is 13.1. The number of carbonyl (C=O) groups is 2. The van der Waals surface area contributed by atoms with E-state index in [4.69, 9.17) is 4.74 Å². The molecule has 1 heterocycles. The number of ether oxygens (including phenoxy) is 1. The van der Waals surface area contributed by atoms with Gasteiger partial charge in [-0.2, -0.15) is 0 Å². The number of carbonyl (C=O) groups excluding carboxylic acids is 2. The Hall–Kier alpha value is -3.08. The average Bonchev–Trinajstić information content (AvgIpc) is 3.61. The molecule has 0 radical (unpaired) electrons. The maximum absolute atomic E-state index is 13.1. The van der Waals surface area contributed by atoms with Gasteiger partial charge in [-0.25, -0.2) is 0 Å². The third kappa shape index (κ3) is 4.40. The van der Waals surface area contributed by atoms with E-state index in [9.17, 15) is 9.59 Å². The monoisotopic (exact) mass is 404 g/mol. The number of rotatable bonds is 7. The summed E-state index contributed by atoms with van der Waals surface area (Å²) in [5.74, 6) is 0.877. The molecule has 5 heteroatoms. The lowest BCUT2D eigenvalue weighted by atomic mass is 9.87. The normalized spacial score (nSPS) is 17.8. The zero-order chi connectivity index (χ0) is 21.1. The highest BCUT2D eigenvalue weighted by atomic mass is 16.5. The lowest BCUT2D eigenvalue weighted by Gasteiger charge is -2.38. The molecule has 1 aliphatic carbocycles. The Morgan fingerprint density at radius 3 is 2.67 bits per heavy atom. The lowest BCUT2D eigenvalue weighted by Crippen LogP contribution is -2.41. The summed E-state index contributed by atoms with van der Waals surface area (Å²) in [5.41, 5.74) is 4.61. The fourth-order valence-electron chi connectivity index (χ4n) is 3.98. The molecule has 1 aliphatic heterocycles. The van der Waals surface area contributed by atoms with E-state index < -0.39 is 0 Å². The van der Waals surface area contributed by atoms with E-state index in [1.165, 1.54) is 11.1 Å². The van der Waals surface area contributed by atoms with Crippen LogP contribution in [0, 0.1) is 12.8 Å². The van der Waals surface area contributed by atoms with E-state index >= 15 is 0 Å². The standard InChI is InChI=1S/C25H28N2O3/c1-3-13-26-23(28)16-30-21-11-10-18-12-14-27(25(29)20-8-9-20)24(22(18)15-21)19-6-4-17(2)5-7-19/h3-7,10-11,15,20,24H,1,8-9,12-14,16H2,2H3,(H,26,28). The summed E-state index contributed by atoms with van der Waals surface area (Å²) in [5, 5.41) is 2.71. The molecule has 4 rings (SSSR count). The van der Waals surface area contributed by atoms with Crippen molar-refractivity contribution in [3.05, 3.63) is 77.4 Å². The smallest absolute Gasteiger partial charge is 0.258 e. The van der Waals surface area contributed by atoms with Crippen molar-refractivity contribution in [3.63, 3.8) is 0 Å². The topological polar surface area (TPSA) is 58.6 Å². The van der Waals surface area contributed by atoms with Crippen molar-refractivity contribution in [2.24, 2.45) is 5.92 Å². The summed E-state index contributed by atoms with van der Waals surface area (Å²) in [4.78, 5) is 27.0. The van der Waals surface area contributed by atoms with Gasteiger partial charge in [0.05, 0.1) is 6.04 Å². The molecule has 5 nitrogen and oxygen atoms in total. The highest BCUT2D eigenvalue weighted by Gasteiger charge is 2.39. The van der Waals surface area contributed by atoms with Gasteiger partial charge < -0.3 is 15.0 Å². The molecular formula is C25H28N2O3. The van der Waals surface area contributed by atoms with Gasteiger partial charge in [-0.3, -0.25) is 9.59 Å². The highest BCUT2D eigenvalue weighted by molar-refractivity contribution is 5.82. The summed E-state index contributed by atoms with van der Waals surface area (Å²) in [7, 11) is 0. The van der Waals surface area contributed by atoms with Crippen LogP contribution in [0.15, 0.2) is 55.1 Å². The van der Waals surface area contributed by atoms with Crippen LogP contribution in [-0.2, 0) is 16.0 Å². The molecule has 1 saturated carbocycles. The number of amides is 2. The molecule has 0 aromatic heterocycles. The van der Waals surface area contributed by atoms with E-state index in [-0.39, 0.29) is 30.4 Å². The highest BCUT2D eigenvalue weighted by Crippen LogP contribution is 2.41. The largest absolute Gasteiger partial charge is 0.484 e. The molecule has 0 spiro atoms. The quantitative estimate of drug-likeness (QED) is 0.718. The van der Waals surface area contributed by atoms with Gasteiger partial charge in [-0.15, -0.1) is 6.58 Å². The Bertz CT molecular complexity index is 947.